The summed E-state index contributed by atoms with van der Waals surface area (Å²) in [7, 11) is 0. The summed E-state index contributed by atoms with van der Waals surface area (Å²) in [5, 5.41) is 12.8. The van der Waals surface area contributed by atoms with E-state index in [1.807, 2.05) is 11.8 Å². The predicted molar refractivity (Wildman–Crippen MR) is 76.2 cm³/mol. The molecule has 108 valence electrons. The van der Waals surface area contributed by atoms with Gasteiger partial charge in [0, 0.05) is 17.2 Å². The molecule has 4 atom stereocenters. The molecule has 0 radical (unpaired) electrons. The normalized spacial score (nSPS) is 34.4. The van der Waals surface area contributed by atoms with Crippen molar-refractivity contribution in [2.75, 3.05) is 5.75 Å². The van der Waals surface area contributed by atoms with Gasteiger partial charge in [-0.15, -0.1) is 0 Å². The van der Waals surface area contributed by atoms with E-state index in [2.05, 4.69) is 12.2 Å². The van der Waals surface area contributed by atoms with Gasteiger partial charge in [0.05, 0.1) is 5.92 Å². The van der Waals surface area contributed by atoms with E-state index in [9.17, 15) is 9.59 Å². The highest BCUT2D eigenvalue weighted by atomic mass is 32.2. The molecule has 19 heavy (non-hydrogen) atoms. The number of carboxylic acids is 1. The molecule has 0 heterocycles. The quantitative estimate of drug-likeness (QED) is 0.813. The number of rotatable bonds is 5. The molecule has 2 saturated carbocycles. The summed E-state index contributed by atoms with van der Waals surface area (Å²) in [6.45, 7) is 2.17. The van der Waals surface area contributed by atoms with Gasteiger partial charge in [-0.05, 0) is 44.3 Å². The molecule has 2 aliphatic carbocycles. The first-order valence-corrected chi connectivity index (χ1v) is 8.29. The van der Waals surface area contributed by atoms with Crippen molar-refractivity contribution in [3.8, 4) is 0 Å². The molecule has 0 spiro atoms. The Balaban J connectivity index is 1.75. The van der Waals surface area contributed by atoms with Gasteiger partial charge in [0.15, 0.2) is 0 Å². The zero-order valence-electron chi connectivity index (χ0n) is 11.4. The van der Waals surface area contributed by atoms with Crippen LogP contribution in [0.15, 0.2) is 0 Å². The van der Waals surface area contributed by atoms with Gasteiger partial charge in [0.1, 0.15) is 0 Å². The lowest BCUT2D eigenvalue weighted by Crippen LogP contribution is -2.37. The fourth-order valence-corrected chi connectivity index (χ4v) is 4.36. The molecule has 5 heteroatoms. The first kappa shape index (κ1) is 14.7. The Morgan fingerprint density at radius 1 is 1.16 bits per heavy atom. The van der Waals surface area contributed by atoms with E-state index in [1.165, 1.54) is 6.42 Å². The average molecular weight is 285 g/mol. The number of thioether (sulfide) groups is 1. The maximum Gasteiger partial charge on any atom is 0.306 e. The highest BCUT2D eigenvalue weighted by Gasteiger charge is 2.35. The number of carbonyl (C=O) groups is 2. The van der Waals surface area contributed by atoms with Crippen LogP contribution in [0.2, 0.25) is 0 Å². The number of aliphatic carboxylic acids is 1. The van der Waals surface area contributed by atoms with Crippen molar-refractivity contribution >= 4 is 23.6 Å². The fourth-order valence-electron chi connectivity index (χ4n) is 3.22. The largest absolute Gasteiger partial charge is 0.481 e. The van der Waals surface area contributed by atoms with Crippen LogP contribution in [0.1, 0.15) is 45.4 Å². The van der Waals surface area contributed by atoms with E-state index in [4.69, 9.17) is 5.11 Å². The zero-order valence-corrected chi connectivity index (χ0v) is 12.2. The van der Waals surface area contributed by atoms with Crippen LogP contribution >= 0.6 is 11.8 Å². The lowest BCUT2D eigenvalue weighted by molar-refractivity contribution is -0.141. The third-order valence-electron chi connectivity index (χ3n) is 4.29. The molecule has 0 aromatic heterocycles. The number of carboxylic acid groups (broad SMARTS) is 1. The maximum absolute atomic E-state index is 12.1. The Bertz CT molecular complexity index is 348. The van der Waals surface area contributed by atoms with Crippen LogP contribution in [-0.4, -0.2) is 34.0 Å². The third-order valence-corrected chi connectivity index (χ3v) is 5.52. The van der Waals surface area contributed by atoms with Crippen molar-refractivity contribution in [1.82, 2.24) is 5.32 Å². The fraction of sp³-hybridized carbons (Fsp3) is 0.857. The van der Waals surface area contributed by atoms with Crippen LogP contribution in [-0.2, 0) is 9.59 Å². The minimum atomic E-state index is -0.754. The van der Waals surface area contributed by atoms with Crippen LogP contribution in [0, 0.1) is 11.8 Å². The van der Waals surface area contributed by atoms with E-state index >= 15 is 0 Å². The van der Waals surface area contributed by atoms with Crippen molar-refractivity contribution < 1.29 is 14.7 Å². The van der Waals surface area contributed by atoms with E-state index in [-0.39, 0.29) is 17.7 Å². The lowest BCUT2D eigenvalue weighted by Gasteiger charge is -2.16. The minimum Gasteiger partial charge on any atom is -0.481 e. The lowest BCUT2D eigenvalue weighted by atomic mass is 10.0. The van der Waals surface area contributed by atoms with Gasteiger partial charge in [-0.2, -0.15) is 11.8 Å². The summed E-state index contributed by atoms with van der Waals surface area (Å²) >= 11 is 1.98. The Morgan fingerprint density at radius 3 is 2.53 bits per heavy atom. The second-order valence-electron chi connectivity index (χ2n) is 5.64. The van der Waals surface area contributed by atoms with Crippen molar-refractivity contribution in [3.63, 3.8) is 0 Å². The number of hydrogen-bond acceptors (Lipinski definition) is 3. The summed E-state index contributed by atoms with van der Waals surface area (Å²) in [5.74, 6) is 0.0574. The molecule has 0 aliphatic heterocycles. The van der Waals surface area contributed by atoms with E-state index in [1.54, 1.807) is 0 Å². The van der Waals surface area contributed by atoms with Gasteiger partial charge in [-0.25, -0.2) is 0 Å². The number of hydrogen-bond donors (Lipinski definition) is 2. The zero-order chi connectivity index (χ0) is 13.8. The summed E-state index contributed by atoms with van der Waals surface area (Å²) < 4.78 is 0. The standard InChI is InChI=1S/C14H23NO3S/c1-2-19-12-6-5-11(8-12)15-13(16)9-3-4-10(7-9)14(17)18/h9-12H,2-8H2,1H3,(H,15,16)(H,17,18). The van der Waals surface area contributed by atoms with Crippen molar-refractivity contribution in [3.05, 3.63) is 0 Å². The smallest absolute Gasteiger partial charge is 0.306 e. The molecule has 0 saturated heterocycles. The Kier molecular flexibility index (Phi) is 5.13. The second kappa shape index (κ2) is 6.64. The van der Waals surface area contributed by atoms with Crippen LogP contribution in [0.3, 0.4) is 0 Å². The summed E-state index contributed by atoms with van der Waals surface area (Å²) in [6, 6.07) is 0.306. The van der Waals surface area contributed by atoms with Crippen LogP contribution in [0.25, 0.3) is 0 Å². The van der Waals surface area contributed by atoms with E-state index in [0.29, 0.717) is 24.1 Å². The molecular formula is C14H23NO3S. The van der Waals surface area contributed by atoms with Gasteiger partial charge in [0.25, 0.3) is 0 Å². The van der Waals surface area contributed by atoms with Crippen molar-refractivity contribution in [2.24, 2.45) is 11.8 Å². The SMILES string of the molecule is CCSC1CCC(NC(=O)C2CCC(C(=O)O)C2)C1. The van der Waals surface area contributed by atoms with Gasteiger partial charge in [-0.3, -0.25) is 9.59 Å². The van der Waals surface area contributed by atoms with Gasteiger partial charge < -0.3 is 10.4 Å². The summed E-state index contributed by atoms with van der Waals surface area (Å²) in [5.41, 5.74) is 0. The molecule has 4 nitrogen and oxygen atoms in total. The first-order chi connectivity index (χ1) is 9.10. The molecule has 2 aliphatic rings. The third kappa shape index (κ3) is 3.88. The van der Waals surface area contributed by atoms with Crippen LogP contribution < -0.4 is 5.32 Å². The van der Waals surface area contributed by atoms with Crippen LogP contribution in [0.5, 0.6) is 0 Å². The molecule has 0 bridgehead atoms. The Hall–Kier alpha value is -0.710. The monoisotopic (exact) mass is 285 g/mol. The molecule has 4 unspecified atom stereocenters. The Morgan fingerprint density at radius 2 is 1.89 bits per heavy atom. The van der Waals surface area contributed by atoms with Crippen LogP contribution in [0.4, 0.5) is 0 Å². The topological polar surface area (TPSA) is 66.4 Å². The Labute approximate surface area is 118 Å². The maximum atomic E-state index is 12.1. The van der Waals surface area contributed by atoms with Gasteiger partial charge >= 0.3 is 5.97 Å². The molecule has 0 aromatic rings. The molecular weight excluding hydrogens is 262 g/mol. The summed E-state index contributed by atoms with van der Waals surface area (Å²) in [4.78, 5) is 23.0. The molecule has 2 N–H and O–H groups in total. The average Bonchev–Trinajstić information content (AvgIpc) is 2.98. The van der Waals surface area contributed by atoms with Gasteiger partial charge in [-0.1, -0.05) is 6.92 Å². The van der Waals surface area contributed by atoms with E-state index in [0.717, 1.165) is 25.0 Å². The van der Waals surface area contributed by atoms with Gasteiger partial charge in [0.2, 0.25) is 5.91 Å². The molecule has 2 fully saturated rings. The van der Waals surface area contributed by atoms with E-state index < -0.39 is 5.97 Å². The number of nitrogens with one attached hydrogen (secondary N) is 1. The highest BCUT2D eigenvalue weighted by molar-refractivity contribution is 7.99. The number of carbonyl (C=O) groups excluding carboxylic acids is 1. The predicted octanol–water partition coefficient (Wildman–Crippen LogP) is 2.28. The highest BCUT2D eigenvalue weighted by Crippen LogP contribution is 2.33. The van der Waals surface area contributed by atoms with Crippen molar-refractivity contribution in [1.29, 1.82) is 0 Å². The summed E-state index contributed by atoms with van der Waals surface area (Å²) in [6.07, 6.45) is 5.21. The second-order valence-corrected chi connectivity index (χ2v) is 7.22. The molecule has 2 rings (SSSR count). The number of amides is 1. The molecule has 0 aromatic carbocycles. The minimum absolute atomic E-state index is 0.0795. The molecule has 1 amide bonds. The van der Waals surface area contributed by atoms with Crippen molar-refractivity contribution in [2.45, 2.75) is 56.7 Å². The first-order valence-electron chi connectivity index (χ1n) is 7.25.